The summed E-state index contributed by atoms with van der Waals surface area (Å²) < 4.78 is 13.4. The molecule has 0 N–H and O–H groups in total. The van der Waals surface area contributed by atoms with Gasteiger partial charge < -0.3 is 9.47 Å². The van der Waals surface area contributed by atoms with Gasteiger partial charge in [-0.2, -0.15) is 9.50 Å². The highest BCUT2D eigenvalue weighted by atomic mass is 35.5. The molecule has 0 radical (unpaired) electrons. The summed E-state index contributed by atoms with van der Waals surface area (Å²) in [6, 6.07) is 12.5. The maximum Gasteiger partial charge on any atom is 0.291 e. The number of hydrogen-bond acceptors (Lipinski definition) is 6. The van der Waals surface area contributed by atoms with Crippen LogP contribution in [0.15, 0.2) is 47.3 Å². The van der Waals surface area contributed by atoms with Crippen molar-refractivity contribution in [3.63, 3.8) is 0 Å². The molecule has 0 unspecified atom stereocenters. The third-order valence-electron chi connectivity index (χ3n) is 4.24. The topological polar surface area (TPSA) is 65.7 Å². The molecule has 0 saturated carbocycles. The molecule has 0 spiro atoms. The first-order valence-corrected chi connectivity index (χ1v) is 9.90. The van der Waals surface area contributed by atoms with Crippen molar-refractivity contribution < 1.29 is 9.47 Å². The summed E-state index contributed by atoms with van der Waals surface area (Å²) in [5, 5.41) is 5.34. The van der Waals surface area contributed by atoms with Crippen LogP contribution in [-0.4, -0.2) is 21.2 Å². The van der Waals surface area contributed by atoms with Gasteiger partial charge in [-0.3, -0.25) is 4.79 Å². The Morgan fingerprint density at radius 1 is 1.18 bits per heavy atom. The first-order valence-electron chi connectivity index (χ1n) is 8.33. The Bertz CT molecular complexity index is 1320. The number of hydrogen-bond donors (Lipinski definition) is 0. The van der Waals surface area contributed by atoms with Crippen LogP contribution in [0.1, 0.15) is 17.5 Å². The molecular weight excluding hydrogens is 421 g/mol. The molecule has 0 bridgehead atoms. The van der Waals surface area contributed by atoms with E-state index in [4.69, 9.17) is 32.7 Å². The molecule has 9 heteroatoms. The van der Waals surface area contributed by atoms with E-state index in [1.165, 1.54) is 15.9 Å². The lowest BCUT2D eigenvalue weighted by atomic mass is 10.2. The van der Waals surface area contributed by atoms with Crippen molar-refractivity contribution in [1.82, 2.24) is 14.6 Å². The minimum Gasteiger partial charge on any atom is -0.485 e. The first kappa shape index (κ1) is 17.5. The highest BCUT2D eigenvalue weighted by Gasteiger charge is 2.27. The summed E-state index contributed by atoms with van der Waals surface area (Å²) in [5.74, 6) is 1.72. The van der Waals surface area contributed by atoms with Crippen molar-refractivity contribution in [3.8, 4) is 11.5 Å². The molecule has 5 rings (SSSR count). The van der Waals surface area contributed by atoms with E-state index in [1.54, 1.807) is 24.3 Å². The zero-order valence-corrected chi connectivity index (χ0v) is 16.5. The van der Waals surface area contributed by atoms with Crippen LogP contribution in [0.5, 0.6) is 11.5 Å². The zero-order valence-electron chi connectivity index (χ0n) is 14.1. The Kier molecular flexibility index (Phi) is 4.23. The third kappa shape index (κ3) is 3.01. The van der Waals surface area contributed by atoms with Crippen LogP contribution >= 0.6 is 34.5 Å². The van der Waals surface area contributed by atoms with Gasteiger partial charge in [-0.05, 0) is 35.9 Å². The molecule has 4 aromatic rings. The van der Waals surface area contributed by atoms with Crippen LogP contribution in [-0.2, 0) is 0 Å². The zero-order chi connectivity index (χ0) is 19.3. The number of fused-ring (bicyclic) bond motifs is 2. The largest absolute Gasteiger partial charge is 0.485 e. The van der Waals surface area contributed by atoms with Crippen molar-refractivity contribution in [2.24, 2.45) is 0 Å². The van der Waals surface area contributed by atoms with E-state index in [0.717, 1.165) is 0 Å². The maximum absolute atomic E-state index is 12.7. The summed E-state index contributed by atoms with van der Waals surface area (Å²) in [6.07, 6.45) is 1.23. The quantitative estimate of drug-likeness (QED) is 0.485. The normalized spacial score (nSPS) is 16.6. The predicted molar refractivity (Wildman–Crippen MR) is 108 cm³/mol. The fourth-order valence-electron chi connectivity index (χ4n) is 2.89. The highest BCUT2D eigenvalue weighted by Crippen LogP contribution is 2.35. The number of halogens is 2. The monoisotopic (exact) mass is 431 g/mol. The molecular formula is C19H11Cl2N3O3S. The molecule has 2 aromatic heterocycles. The highest BCUT2D eigenvalue weighted by molar-refractivity contribution is 7.15. The van der Waals surface area contributed by atoms with E-state index in [2.05, 4.69) is 10.1 Å². The SMILES string of the molecule is O=c1/c(=C/c2ccc(Cl)cc2Cl)sc2nc([C@@H]3COc4ccccc4O3)nn12. The molecule has 1 aliphatic rings. The van der Waals surface area contributed by atoms with Crippen LogP contribution in [0.4, 0.5) is 0 Å². The Morgan fingerprint density at radius 3 is 2.79 bits per heavy atom. The summed E-state index contributed by atoms with van der Waals surface area (Å²) in [6.45, 7) is 0.280. The van der Waals surface area contributed by atoms with Crippen LogP contribution in [0, 0.1) is 0 Å². The molecule has 3 heterocycles. The average molecular weight is 432 g/mol. The van der Waals surface area contributed by atoms with E-state index in [-0.39, 0.29) is 12.2 Å². The minimum absolute atomic E-state index is 0.262. The van der Waals surface area contributed by atoms with Crippen molar-refractivity contribution in [2.75, 3.05) is 6.61 Å². The van der Waals surface area contributed by atoms with Gasteiger partial charge in [-0.25, -0.2) is 0 Å². The standard InChI is InChI=1S/C19H11Cl2N3O3S/c20-11-6-5-10(12(21)8-11)7-16-18(25)24-19(28-16)22-17(23-24)15-9-26-13-3-1-2-4-14(13)27-15/h1-8,15H,9H2/b16-7-/t15-/m0/s1. The second-order valence-corrected chi connectivity index (χ2v) is 7.96. The lowest BCUT2D eigenvalue weighted by Gasteiger charge is -2.24. The second-order valence-electron chi connectivity index (χ2n) is 6.11. The number of thiazole rings is 1. The van der Waals surface area contributed by atoms with Crippen LogP contribution in [0.25, 0.3) is 11.0 Å². The van der Waals surface area contributed by atoms with Gasteiger partial charge in [0.2, 0.25) is 4.96 Å². The van der Waals surface area contributed by atoms with Gasteiger partial charge in [0.1, 0.15) is 6.61 Å². The van der Waals surface area contributed by atoms with Crippen LogP contribution < -0.4 is 19.6 Å². The second kappa shape index (κ2) is 6.77. The number of ether oxygens (including phenoxy) is 2. The fourth-order valence-corrected chi connectivity index (χ4v) is 4.26. The summed E-state index contributed by atoms with van der Waals surface area (Å²) in [5.41, 5.74) is 0.440. The molecule has 0 fully saturated rings. The number of benzene rings is 2. The molecule has 2 aromatic carbocycles. The molecule has 0 amide bonds. The number of aromatic nitrogens is 3. The molecule has 28 heavy (non-hydrogen) atoms. The molecule has 1 atom stereocenters. The first-order chi connectivity index (χ1) is 13.6. The van der Waals surface area contributed by atoms with Crippen molar-refractivity contribution in [3.05, 3.63) is 78.8 Å². The molecule has 0 aliphatic carbocycles. The molecule has 0 saturated heterocycles. The number of nitrogens with zero attached hydrogens (tertiary/aromatic N) is 3. The van der Waals surface area contributed by atoms with Crippen LogP contribution in [0.2, 0.25) is 10.0 Å². The summed E-state index contributed by atoms with van der Waals surface area (Å²) in [7, 11) is 0. The average Bonchev–Trinajstić information content (AvgIpc) is 3.23. The van der Waals surface area contributed by atoms with Crippen molar-refractivity contribution in [1.29, 1.82) is 0 Å². The van der Waals surface area contributed by atoms with Crippen molar-refractivity contribution in [2.45, 2.75) is 6.10 Å². The Morgan fingerprint density at radius 2 is 2.00 bits per heavy atom. The van der Waals surface area contributed by atoms with Gasteiger partial charge >= 0.3 is 0 Å². The van der Waals surface area contributed by atoms with Crippen LogP contribution in [0.3, 0.4) is 0 Å². The van der Waals surface area contributed by atoms with Gasteiger partial charge in [0.15, 0.2) is 23.4 Å². The van der Waals surface area contributed by atoms with Gasteiger partial charge in [0.25, 0.3) is 5.56 Å². The number of para-hydroxylation sites is 2. The van der Waals surface area contributed by atoms with Gasteiger partial charge in [0.05, 0.1) is 4.53 Å². The number of rotatable bonds is 2. The predicted octanol–water partition coefficient (Wildman–Crippen LogP) is 3.52. The smallest absolute Gasteiger partial charge is 0.291 e. The summed E-state index contributed by atoms with van der Waals surface area (Å²) >= 11 is 13.3. The van der Waals surface area contributed by atoms with Gasteiger partial charge in [-0.1, -0.05) is 52.7 Å². The van der Waals surface area contributed by atoms with Gasteiger partial charge in [-0.15, -0.1) is 5.10 Å². The maximum atomic E-state index is 12.7. The molecule has 1 aliphatic heterocycles. The van der Waals surface area contributed by atoms with E-state index < -0.39 is 6.10 Å². The Labute approximate surface area is 172 Å². The lowest BCUT2D eigenvalue weighted by Crippen LogP contribution is -2.26. The Balaban J connectivity index is 1.51. The Hall–Kier alpha value is -2.61. The minimum atomic E-state index is -0.473. The molecule has 140 valence electrons. The van der Waals surface area contributed by atoms with E-state index >= 15 is 0 Å². The molecule has 6 nitrogen and oxygen atoms in total. The fraction of sp³-hybridized carbons (Fsp3) is 0.105. The van der Waals surface area contributed by atoms with E-state index in [0.29, 0.717) is 42.4 Å². The summed E-state index contributed by atoms with van der Waals surface area (Å²) in [4.78, 5) is 17.6. The third-order valence-corrected chi connectivity index (χ3v) is 5.77. The van der Waals surface area contributed by atoms with Gasteiger partial charge in [0, 0.05) is 10.0 Å². The van der Waals surface area contributed by atoms with Crippen molar-refractivity contribution >= 4 is 45.6 Å². The lowest BCUT2D eigenvalue weighted by molar-refractivity contribution is 0.0852. The van der Waals surface area contributed by atoms with E-state index in [9.17, 15) is 4.79 Å². The van der Waals surface area contributed by atoms with E-state index in [1.807, 2.05) is 24.3 Å².